The van der Waals surface area contributed by atoms with Crippen LogP contribution in [0, 0.1) is 0 Å². The Morgan fingerprint density at radius 3 is 2.55 bits per heavy atom. The Morgan fingerprint density at radius 2 is 1.79 bits per heavy atom. The van der Waals surface area contributed by atoms with Crippen LogP contribution in [0.2, 0.25) is 0 Å². The number of nitrogens with one attached hydrogen (secondary N) is 1. The summed E-state index contributed by atoms with van der Waals surface area (Å²) in [7, 11) is -3.79. The first-order valence-corrected chi connectivity index (χ1v) is 10.6. The van der Waals surface area contributed by atoms with E-state index in [4.69, 9.17) is 5.14 Å². The maximum atomic E-state index is 11.7. The standard InChI is InChI=1S/C22H19N3O3S/c1-14(26)10-15-4-2-5-16(11-15)19-8-9-24-22-20(19)13-21(25-22)17-6-3-7-18(12-17)29(23,27)28/h2-9,11-13H,10H2,1H3,(H,24,25)(H2,23,27,28). The van der Waals surface area contributed by atoms with Gasteiger partial charge in [-0.2, -0.15) is 0 Å². The highest BCUT2D eigenvalue weighted by Gasteiger charge is 2.13. The molecule has 2 aromatic carbocycles. The summed E-state index contributed by atoms with van der Waals surface area (Å²) in [5, 5.41) is 6.16. The lowest BCUT2D eigenvalue weighted by Gasteiger charge is -2.05. The largest absolute Gasteiger partial charge is 0.339 e. The molecular formula is C22H19N3O3S. The average Bonchev–Trinajstić information content (AvgIpc) is 3.11. The number of fused-ring (bicyclic) bond motifs is 1. The zero-order chi connectivity index (χ0) is 20.6. The van der Waals surface area contributed by atoms with Crippen LogP contribution in [-0.4, -0.2) is 24.2 Å². The van der Waals surface area contributed by atoms with Gasteiger partial charge < -0.3 is 4.98 Å². The molecule has 0 bridgehead atoms. The molecule has 0 aliphatic carbocycles. The van der Waals surface area contributed by atoms with Crippen molar-refractivity contribution in [1.29, 1.82) is 0 Å². The van der Waals surface area contributed by atoms with Crippen molar-refractivity contribution >= 4 is 26.8 Å². The van der Waals surface area contributed by atoms with Gasteiger partial charge in [0.15, 0.2) is 0 Å². The quantitative estimate of drug-likeness (QED) is 0.528. The molecule has 0 saturated carbocycles. The van der Waals surface area contributed by atoms with Crippen molar-refractivity contribution in [3.8, 4) is 22.4 Å². The smallest absolute Gasteiger partial charge is 0.238 e. The van der Waals surface area contributed by atoms with Crippen LogP contribution in [0.15, 0.2) is 71.8 Å². The second kappa shape index (κ2) is 7.27. The lowest BCUT2D eigenvalue weighted by Crippen LogP contribution is -2.11. The number of carbonyl (C=O) groups is 1. The first-order chi connectivity index (χ1) is 13.8. The van der Waals surface area contributed by atoms with Crippen molar-refractivity contribution in [1.82, 2.24) is 9.97 Å². The minimum atomic E-state index is -3.79. The van der Waals surface area contributed by atoms with Crippen molar-refractivity contribution < 1.29 is 13.2 Å². The van der Waals surface area contributed by atoms with Gasteiger partial charge in [-0.05, 0) is 53.4 Å². The number of primary sulfonamides is 1. The van der Waals surface area contributed by atoms with E-state index in [0.29, 0.717) is 17.6 Å². The molecule has 146 valence electrons. The van der Waals surface area contributed by atoms with Gasteiger partial charge in [-0.1, -0.05) is 36.4 Å². The van der Waals surface area contributed by atoms with E-state index in [0.717, 1.165) is 27.8 Å². The Hall–Kier alpha value is -3.29. The summed E-state index contributed by atoms with van der Waals surface area (Å²) in [6.07, 6.45) is 2.11. The molecule has 2 aromatic heterocycles. The summed E-state index contributed by atoms with van der Waals surface area (Å²) in [6, 6.07) is 18.2. The molecule has 0 unspecified atom stereocenters. The molecular weight excluding hydrogens is 386 g/mol. The molecule has 7 heteroatoms. The van der Waals surface area contributed by atoms with E-state index in [9.17, 15) is 13.2 Å². The van der Waals surface area contributed by atoms with Crippen molar-refractivity contribution in [2.24, 2.45) is 5.14 Å². The third-order valence-corrected chi connectivity index (χ3v) is 5.61. The zero-order valence-electron chi connectivity index (χ0n) is 15.7. The van der Waals surface area contributed by atoms with E-state index < -0.39 is 10.0 Å². The van der Waals surface area contributed by atoms with Crippen molar-refractivity contribution in [3.63, 3.8) is 0 Å². The Kier molecular flexibility index (Phi) is 4.77. The summed E-state index contributed by atoms with van der Waals surface area (Å²) < 4.78 is 23.3. The number of ketones is 1. The second-order valence-electron chi connectivity index (χ2n) is 6.96. The number of hydrogen-bond donors (Lipinski definition) is 2. The lowest BCUT2D eigenvalue weighted by molar-refractivity contribution is -0.116. The molecule has 6 nitrogen and oxygen atoms in total. The number of Topliss-reactive ketones (excluding diaryl/α,β-unsaturated/α-hetero) is 1. The third-order valence-electron chi connectivity index (χ3n) is 4.70. The number of rotatable bonds is 5. The minimum Gasteiger partial charge on any atom is -0.339 e. The van der Waals surface area contributed by atoms with E-state index in [1.54, 1.807) is 19.2 Å². The van der Waals surface area contributed by atoms with Crippen LogP contribution in [0.25, 0.3) is 33.4 Å². The highest BCUT2D eigenvalue weighted by Crippen LogP contribution is 2.32. The number of aromatic nitrogens is 2. The van der Waals surface area contributed by atoms with Gasteiger partial charge in [-0.3, -0.25) is 4.79 Å². The Balaban J connectivity index is 1.82. The van der Waals surface area contributed by atoms with Gasteiger partial charge in [0, 0.05) is 23.7 Å². The molecule has 4 rings (SSSR count). The number of nitrogens with zero attached hydrogens (tertiary/aromatic N) is 1. The number of sulfonamides is 1. The van der Waals surface area contributed by atoms with Gasteiger partial charge >= 0.3 is 0 Å². The fourth-order valence-electron chi connectivity index (χ4n) is 3.41. The number of aromatic amines is 1. The highest BCUT2D eigenvalue weighted by atomic mass is 32.2. The van der Waals surface area contributed by atoms with Gasteiger partial charge in [0.2, 0.25) is 10.0 Å². The first kappa shape index (κ1) is 19.0. The van der Waals surface area contributed by atoms with Crippen molar-refractivity contribution in [3.05, 3.63) is 72.4 Å². The van der Waals surface area contributed by atoms with Crippen LogP contribution < -0.4 is 5.14 Å². The molecule has 0 spiro atoms. The van der Waals surface area contributed by atoms with Gasteiger partial charge in [0.25, 0.3) is 0 Å². The number of carbonyl (C=O) groups excluding carboxylic acids is 1. The summed E-state index contributed by atoms with van der Waals surface area (Å²) in [5.74, 6) is 0.112. The van der Waals surface area contributed by atoms with Crippen molar-refractivity contribution in [2.75, 3.05) is 0 Å². The number of hydrogen-bond acceptors (Lipinski definition) is 4. The van der Waals surface area contributed by atoms with E-state index in [-0.39, 0.29) is 10.7 Å². The Labute approximate surface area is 168 Å². The van der Waals surface area contributed by atoms with Crippen LogP contribution in [0.4, 0.5) is 0 Å². The third kappa shape index (κ3) is 3.96. The lowest BCUT2D eigenvalue weighted by atomic mass is 9.99. The number of pyridine rings is 1. The van der Waals surface area contributed by atoms with Crippen LogP contribution in [0.5, 0.6) is 0 Å². The fourth-order valence-corrected chi connectivity index (χ4v) is 3.97. The molecule has 0 aliphatic heterocycles. The number of benzene rings is 2. The molecule has 29 heavy (non-hydrogen) atoms. The number of nitrogens with two attached hydrogens (primary N) is 1. The first-order valence-electron chi connectivity index (χ1n) is 9.01. The number of H-pyrrole nitrogens is 1. The summed E-state index contributed by atoms with van der Waals surface area (Å²) >= 11 is 0. The molecule has 0 radical (unpaired) electrons. The van der Waals surface area contributed by atoms with Gasteiger partial charge in [-0.25, -0.2) is 18.5 Å². The zero-order valence-corrected chi connectivity index (χ0v) is 16.5. The monoisotopic (exact) mass is 405 g/mol. The maximum Gasteiger partial charge on any atom is 0.238 e. The van der Waals surface area contributed by atoms with E-state index in [1.807, 2.05) is 42.5 Å². The van der Waals surface area contributed by atoms with Gasteiger partial charge in [-0.15, -0.1) is 0 Å². The summed E-state index contributed by atoms with van der Waals surface area (Å²) in [6.45, 7) is 1.57. The van der Waals surface area contributed by atoms with E-state index in [2.05, 4.69) is 9.97 Å². The van der Waals surface area contributed by atoms with Crippen molar-refractivity contribution in [2.45, 2.75) is 18.2 Å². The highest BCUT2D eigenvalue weighted by molar-refractivity contribution is 7.89. The predicted molar refractivity (Wildman–Crippen MR) is 113 cm³/mol. The predicted octanol–water partition coefficient (Wildman–Crippen LogP) is 3.68. The molecule has 0 aliphatic rings. The summed E-state index contributed by atoms with van der Waals surface area (Å²) in [5.41, 5.74) is 5.05. The normalized spacial score (nSPS) is 11.7. The maximum absolute atomic E-state index is 11.7. The van der Waals surface area contributed by atoms with E-state index in [1.165, 1.54) is 12.1 Å². The molecule has 3 N–H and O–H groups in total. The average molecular weight is 405 g/mol. The Bertz CT molecular complexity index is 1340. The Morgan fingerprint density at radius 1 is 1.03 bits per heavy atom. The molecule has 4 aromatic rings. The van der Waals surface area contributed by atoms with Crippen LogP contribution in [-0.2, 0) is 21.2 Å². The molecule has 0 fully saturated rings. The van der Waals surface area contributed by atoms with Crippen LogP contribution >= 0.6 is 0 Å². The van der Waals surface area contributed by atoms with Crippen LogP contribution in [0.1, 0.15) is 12.5 Å². The molecule has 2 heterocycles. The second-order valence-corrected chi connectivity index (χ2v) is 8.52. The van der Waals surface area contributed by atoms with Crippen LogP contribution in [0.3, 0.4) is 0 Å². The summed E-state index contributed by atoms with van der Waals surface area (Å²) in [4.78, 5) is 19.2. The molecule has 0 amide bonds. The molecule has 0 saturated heterocycles. The topological polar surface area (TPSA) is 106 Å². The molecule has 0 atom stereocenters. The fraction of sp³-hybridized carbons (Fsp3) is 0.0909. The SMILES string of the molecule is CC(=O)Cc1cccc(-c2ccnc3[nH]c(-c4cccc(S(N)(=O)=O)c4)cc23)c1. The van der Waals surface area contributed by atoms with Gasteiger partial charge in [0.1, 0.15) is 11.4 Å². The van der Waals surface area contributed by atoms with E-state index >= 15 is 0 Å². The minimum absolute atomic E-state index is 0.0544. The van der Waals surface area contributed by atoms with Gasteiger partial charge in [0.05, 0.1) is 4.90 Å².